The molecule has 6 nitrogen and oxygen atoms in total. The standard InChI is InChI=1S/C30H23FN4O2S/c1-20-10-12-22(13-11-20)27-29(34-28(36)23-14-16-24(31)17-15-23)38-30(33-27)35-32-19-21-6-5-9-26(18-21)37-25-7-3-2-4-8-25/h2-19H,1H3,(H,33,35)(H,34,36). The van der Waals surface area contributed by atoms with Gasteiger partial charge in [0, 0.05) is 11.1 Å². The van der Waals surface area contributed by atoms with Crippen LogP contribution >= 0.6 is 11.3 Å². The first kappa shape index (κ1) is 24.9. The number of para-hydroxylation sites is 1. The van der Waals surface area contributed by atoms with Gasteiger partial charge in [0.25, 0.3) is 5.91 Å². The highest BCUT2D eigenvalue weighted by molar-refractivity contribution is 7.20. The monoisotopic (exact) mass is 522 g/mol. The molecule has 0 bridgehead atoms. The molecule has 38 heavy (non-hydrogen) atoms. The molecule has 5 rings (SSSR count). The fourth-order valence-electron chi connectivity index (χ4n) is 3.58. The minimum atomic E-state index is -0.402. The van der Waals surface area contributed by atoms with Crippen LogP contribution in [0, 0.1) is 12.7 Å². The van der Waals surface area contributed by atoms with Gasteiger partial charge in [0.2, 0.25) is 5.13 Å². The first-order valence-electron chi connectivity index (χ1n) is 11.8. The number of benzene rings is 4. The van der Waals surface area contributed by atoms with Gasteiger partial charge in [-0.1, -0.05) is 71.5 Å². The lowest BCUT2D eigenvalue weighted by atomic mass is 10.1. The summed E-state index contributed by atoms with van der Waals surface area (Å²) in [6.45, 7) is 2.00. The van der Waals surface area contributed by atoms with Gasteiger partial charge in [-0.25, -0.2) is 9.37 Å². The number of nitrogens with one attached hydrogen (secondary N) is 2. The summed E-state index contributed by atoms with van der Waals surface area (Å²) in [4.78, 5) is 17.5. The lowest BCUT2D eigenvalue weighted by Gasteiger charge is -2.06. The van der Waals surface area contributed by atoms with Crippen molar-refractivity contribution < 1.29 is 13.9 Å². The normalized spacial score (nSPS) is 10.9. The number of aromatic nitrogens is 1. The number of aryl methyl sites for hydroxylation is 1. The van der Waals surface area contributed by atoms with Gasteiger partial charge in [-0.15, -0.1) is 0 Å². The molecule has 0 spiro atoms. The second-order valence-corrected chi connectivity index (χ2v) is 9.38. The third kappa shape index (κ3) is 6.29. The maximum absolute atomic E-state index is 13.3. The topological polar surface area (TPSA) is 75.6 Å². The summed E-state index contributed by atoms with van der Waals surface area (Å²) in [6, 6.07) is 30.4. The van der Waals surface area contributed by atoms with Crippen molar-refractivity contribution in [3.05, 3.63) is 126 Å². The molecule has 5 aromatic rings. The number of hydrogen-bond donors (Lipinski definition) is 2. The van der Waals surface area contributed by atoms with Gasteiger partial charge >= 0.3 is 0 Å². The average Bonchev–Trinajstić information content (AvgIpc) is 3.32. The van der Waals surface area contributed by atoms with E-state index in [0.29, 0.717) is 27.1 Å². The van der Waals surface area contributed by atoms with E-state index < -0.39 is 5.82 Å². The van der Waals surface area contributed by atoms with Crippen LogP contribution in [-0.2, 0) is 0 Å². The first-order valence-corrected chi connectivity index (χ1v) is 12.6. The Balaban J connectivity index is 1.34. The second kappa shape index (κ2) is 11.5. The Morgan fingerprint density at radius 2 is 1.66 bits per heavy atom. The molecule has 1 amide bonds. The van der Waals surface area contributed by atoms with E-state index >= 15 is 0 Å². The Morgan fingerprint density at radius 3 is 2.42 bits per heavy atom. The fourth-order valence-corrected chi connectivity index (χ4v) is 4.41. The molecule has 0 aliphatic carbocycles. The molecule has 0 aliphatic heterocycles. The number of rotatable bonds is 8. The van der Waals surface area contributed by atoms with E-state index in [9.17, 15) is 9.18 Å². The molecular formula is C30H23FN4O2S. The molecule has 0 saturated carbocycles. The number of amides is 1. The molecule has 1 heterocycles. The van der Waals surface area contributed by atoms with E-state index in [1.807, 2.05) is 85.8 Å². The number of thiazole rings is 1. The van der Waals surface area contributed by atoms with Crippen LogP contribution in [-0.4, -0.2) is 17.1 Å². The summed E-state index contributed by atoms with van der Waals surface area (Å²) in [7, 11) is 0. The fraction of sp³-hybridized carbons (Fsp3) is 0.0333. The van der Waals surface area contributed by atoms with Crippen molar-refractivity contribution in [3.8, 4) is 22.8 Å². The van der Waals surface area contributed by atoms with Gasteiger partial charge in [-0.3, -0.25) is 10.2 Å². The van der Waals surface area contributed by atoms with Crippen LogP contribution < -0.4 is 15.5 Å². The highest BCUT2D eigenvalue weighted by Crippen LogP contribution is 2.36. The number of hydrogen-bond acceptors (Lipinski definition) is 6. The predicted octanol–water partition coefficient (Wildman–Crippen LogP) is 7.75. The molecule has 8 heteroatoms. The van der Waals surface area contributed by atoms with Crippen LogP contribution in [0.4, 0.5) is 14.5 Å². The van der Waals surface area contributed by atoms with E-state index in [4.69, 9.17) is 4.74 Å². The lowest BCUT2D eigenvalue weighted by molar-refractivity contribution is 0.102. The summed E-state index contributed by atoms with van der Waals surface area (Å²) in [5, 5.41) is 8.29. The highest BCUT2D eigenvalue weighted by atomic mass is 32.1. The number of carbonyl (C=O) groups is 1. The van der Waals surface area contributed by atoms with E-state index in [0.717, 1.165) is 22.4 Å². The maximum atomic E-state index is 13.3. The minimum Gasteiger partial charge on any atom is -0.457 e. The van der Waals surface area contributed by atoms with Crippen LogP contribution in [0.25, 0.3) is 11.3 Å². The van der Waals surface area contributed by atoms with Crippen molar-refractivity contribution in [2.24, 2.45) is 5.10 Å². The first-order chi connectivity index (χ1) is 18.5. The number of hydrazone groups is 1. The second-order valence-electron chi connectivity index (χ2n) is 8.38. The third-order valence-corrected chi connectivity index (χ3v) is 6.37. The number of halogens is 1. The van der Waals surface area contributed by atoms with Gasteiger partial charge in [0.05, 0.1) is 6.21 Å². The molecule has 0 unspecified atom stereocenters. The smallest absolute Gasteiger partial charge is 0.256 e. The molecule has 0 atom stereocenters. The van der Waals surface area contributed by atoms with E-state index in [-0.39, 0.29) is 5.91 Å². The summed E-state index contributed by atoms with van der Waals surface area (Å²) in [5.41, 5.74) is 6.72. The van der Waals surface area contributed by atoms with Crippen molar-refractivity contribution in [1.29, 1.82) is 0 Å². The number of nitrogens with zero attached hydrogens (tertiary/aromatic N) is 2. The lowest BCUT2D eigenvalue weighted by Crippen LogP contribution is -2.11. The van der Waals surface area contributed by atoms with Crippen molar-refractivity contribution in [2.45, 2.75) is 6.92 Å². The average molecular weight is 523 g/mol. The molecule has 0 fully saturated rings. The van der Waals surface area contributed by atoms with Gasteiger partial charge in [-0.2, -0.15) is 5.10 Å². The molecule has 188 valence electrons. The number of carbonyl (C=O) groups excluding carboxylic acids is 1. The quantitative estimate of drug-likeness (QED) is 0.161. The Morgan fingerprint density at radius 1 is 0.921 bits per heavy atom. The summed E-state index contributed by atoms with van der Waals surface area (Å²) >= 11 is 1.26. The zero-order valence-electron chi connectivity index (χ0n) is 20.4. The van der Waals surface area contributed by atoms with Crippen molar-refractivity contribution in [1.82, 2.24) is 4.98 Å². The van der Waals surface area contributed by atoms with Gasteiger partial charge < -0.3 is 10.1 Å². The van der Waals surface area contributed by atoms with Gasteiger partial charge in [-0.05, 0) is 61.0 Å². The summed E-state index contributed by atoms with van der Waals surface area (Å²) in [5.74, 6) is 0.691. The highest BCUT2D eigenvalue weighted by Gasteiger charge is 2.16. The van der Waals surface area contributed by atoms with Crippen molar-refractivity contribution in [2.75, 3.05) is 10.7 Å². The Bertz CT molecular complexity index is 1570. The predicted molar refractivity (Wildman–Crippen MR) is 151 cm³/mol. The maximum Gasteiger partial charge on any atom is 0.256 e. The Kier molecular flexibility index (Phi) is 7.52. The Labute approximate surface area is 223 Å². The molecule has 0 radical (unpaired) electrons. The van der Waals surface area contributed by atoms with Crippen LogP contribution in [0.5, 0.6) is 11.5 Å². The van der Waals surface area contributed by atoms with Crippen molar-refractivity contribution in [3.63, 3.8) is 0 Å². The van der Waals surface area contributed by atoms with E-state index in [1.165, 1.54) is 35.6 Å². The molecular weight excluding hydrogens is 499 g/mol. The van der Waals surface area contributed by atoms with E-state index in [2.05, 4.69) is 20.8 Å². The molecule has 2 N–H and O–H groups in total. The number of anilines is 2. The van der Waals surface area contributed by atoms with Crippen molar-refractivity contribution >= 4 is 33.6 Å². The third-order valence-electron chi connectivity index (χ3n) is 5.50. The summed E-state index contributed by atoms with van der Waals surface area (Å²) < 4.78 is 19.2. The molecule has 0 aliphatic rings. The largest absolute Gasteiger partial charge is 0.457 e. The Hall–Kier alpha value is -4.82. The van der Waals surface area contributed by atoms with Gasteiger partial charge in [0.15, 0.2) is 0 Å². The van der Waals surface area contributed by atoms with Crippen LogP contribution in [0.1, 0.15) is 21.5 Å². The van der Waals surface area contributed by atoms with E-state index in [1.54, 1.807) is 6.21 Å². The molecule has 1 aromatic heterocycles. The van der Waals surface area contributed by atoms with Crippen LogP contribution in [0.3, 0.4) is 0 Å². The number of ether oxygens (including phenoxy) is 1. The molecule has 4 aromatic carbocycles. The van der Waals surface area contributed by atoms with Gasteiger partial charge in [0.1, 0.15) is 28.0 Å². The van der Waals surface area contributed by atoms with Crippen LogP contribution in [0.2, 0.25) is 0 Å². The zero-order valence-corrected chi connectivity index (χ0v) is 21.2. The summed E-state index contributed by atoms with van der Waals surface area (Å²) in [6.07, 6.45) is 1.67. The molecule has 0 saturated heterocycles. The zero-order chi connectivity index (χ0) is 26.3. The minimum absolute atomic E-state index is 0.347. The van der Waals surface area contributed by atoms with Crippen LogP contribution in [0.15, 0.2) is 108 Å². The SMILES string of the molecule is Cc1ccc(-c2nc(NN=Cc3cccc(Oc4ccccc4)c3)sc2NC(=O)c2ccc(F)cc2)cc1.